The van der Waals surface area contributed by atoms with Gasteiger partial charge in [-0.15, -0.1) is 0 Å². The third kappa shape index (κ3) is 10.5. The number of piperidine rings is 1. The van der Waals surface area contributed by atoms with Gasteiger partial charge >= 0.3 is 6.18 Å². The quantitative estimate of drug-likeness (QED) is 0.654. The normalized spacial score (nSPS) is 13.8. The van der Waals surface area contributed by atoms with E-state index in [2.05, 4.69) is 4.90 Å². The van der Waals surface area contributed by atoms with Crippen molar-refractivity contribution in [2.45, 2.75) is 32.0 Å². The Kier molecular flexibility index (Phi) is 13.5. The van der Waals surface area contributed by atoms with Crippen LogP contribution < -0.4 is 4.74 Å². The van der Waals surface area contributed by atoms with Crippen LogP contribution in [-0.2, 0) is 15.8 Å². The maximum absolute atomic E-state index is 12.4. The molecule has 1 aliphatic rings. The number of ether oxygens (including phenoxy) is 1. The standard InChI is InChI=1S/C13H16F3NO.C8H8O.2CH2O/c1-17-8-6-12(7-9-17)18-11-4-2-10(3-5-11)13(14,15)16;1-7-4-2-3-5-8(7)6-9;2*1-2/h2-5,12H,6-9H2,1H3;2-6H,1H3;2*1H2. The molecule has 0 saturated carbocycles. The van der Waals surface area contributed by atoms with E-state index in [1.807, 2.05) is 51.8 Å². The van der Waals surface area contributed by atoms with Crippen LogP contribution in [0.25, 0.3) is 0 Å². The van der Waals surface area contributed by atoms with Gasteiger partial charge in [0.25, 0.3) is 0 Å². The van der Waals surface area contributed by atoms with Gasteiger partial charge < -0.3 is 19.2 Å². The lowest BCUT2D eigenvalue weighted by Gasteiger charge is -2.29. The molecule has 0 N–H and O–H groups in total. The zero-order valence-corrected chi connectivity index (χ0v) is 17.7. The number of hydrogen-bond acceptors (Lipinski definition) is 5. The van der Waals surface area contributed by atoms with Crippen LogP contribution in [-0.4, -0.2) is 51.0 Å². The molecule has 170 valence electrons. The lowest BCUT2D eigenvalue weighted by molar-refractivity contribution is -0.137. The fourth-order valence-electron chi connectivity index (χ4n) is 2.74. The predicted molar refractivity (Wildman–Crippen MR) is 113 cm³/mol. The molecule has 0 aromatic heterocycles. The minimum absolute atomic E-state index is 0.109. The van der Waals surface area contributed by atoms with Crippen LogP contribution in [0.3, 0.4) is 0 Å². The Labute approximate surface area is 180 Å². The third-order valence-electron chi connectivity index (χ3n) is 4.47. The Hall–Kier alpha value is -3.00. The van der Waals surface area contributed by atoms with Crippen molar-refractivity contribution in [3.8, 4) is 5.75 Å². The molecule has 0 bridgehead atoms. The molecule has 0 aliphatic carbocycles. The van der Waals surface area contributed by atoms with Crippen molar-refractivity contribution in [3.63, 3.8) is 0 Å². The zero-order chi connectivity index (χ0) is 23.9. The van der Waals surface area contributed by atoms with Crippen molar-refractivity contribution >= 4 is 19.9 Å². The van der Waals surface area contributed by atoms with Crippen molar-refractivity contribution in [1.29, 1.82) is 0 Å². The van der Waals surface area contributed by atoms with Crippen LogP contribution in [0.5, 0.6) is 5.75 Å². The number of nitrogens with zero attached hydrogens (tertiary/aromatic N) is 1. The number of hydrogen-bond donors (Lipinski definition) is 0. The second-order valence-electron chi connectivity index (χ2n) is 6.62. The van der Waals surface area contributed by atoms with Gasteiger partial charge in [0.2, 0.25) is 0 Å². The summed E-state index contributed by atoms with van der Waals surface area (Å²) in [6.45, 7) is 7.85. The molecule has 1 saturated heterocycles. The van der Waals surface area contributed by atoms with Crippen LogP contribution in [0.1, 0.15) is 34.3 Å². The van der Waals surface area contributed by atoms with Crippen molar-refractivity contribution in [2.75, 3.05) is 20.1 Å². The average Bonchev–Trinajstić information content (AvgIpc) is 2.79. The highest BCUT2D eigenvalue weighted by atomic mass is 19.4. The number of carbonyl (C=O) groups excluding carboxylic acids is 3. The molecule has 1 aliphatic heterocycles. The molecule has 2 aromatic carbocycles. The number of likely N-dealkylation sites (tertiary alicyclic amines) is 1. The van der Waals surface area contributed by atoms with E-state index in [0.29, 0.717) is 5.75 Å². The van der Waals surface area contributed by atoms with Crippen LogP contribution in [0, 0.1) is 6.92 Å². The van der Waals surface area contributed by atoms with E-state index in [4.69, 9.17) is 14.3 Å². The fourth-order valence-corrected chi connectivity index (χ4v) is 2.74. The molecule has 0 radical (unpaired) electrons. The lowest BCUT2D eigenvalue weighted by atomic mass is 10.1. The van der Waals surface area contributed by atoms with Gasteiger partial charge in [-0.05, 0) is 56.6 Å². The molecule has 0 amide bonds. The molecule has 5 nitrogen and oxygen atoms in total. The molecule has 0 spiro atoms. The van der Waals surface area contributed by atoms with Gasteiger partial charge in [-0.3, -0.25) is 4.79 Å². The van der Waals surface area contributed by atoms with Crippen molar-refractivity contribution in [3.05, 3.63) is 65.2 Å². The molecule has 3 rings (SSSR count). The zero-order valence-electron chi connectivity index (χ0n) is 17.7. The number of aldehydes is 1. The first kappa shape index (κ1) is 28.0. The third-order valence-corrected chi connectivity index (χ3v) is 4.47. The van der Waals surface area contributed by atoms with Gasteiger partial charge in [-0.1, -0.05) is 24.3 Å². The Morgan fingerprint density at radius 1 is 0.968 bits per heavy atom. The van der Waals surface area contributed by atoms with E-state index in [-0.39, 0.29) is 6.10 Å². The summed E-state index contributed by atoms with van der Waals surface area (Å²) in [7, 11) is 2.05. The van der Waals surface area contributed by atoms with E-state index in [9.17, 15) is 18.0 Å². The molecule has 8 heteroatoms. The van der Waals surface area contributed by atoms with Gasteiger partial charge in [0, 0.05) is 18.7 Å². The number of carbonyl (C=O) groups is 3. The molecule has 1 heterocycles. The first-order valence-electron chi connectivity index (χ1n) is 9.40. The van der Waals surface area contributed by atoms with E-state index in [1.165, 1.54) is 12.1 Å². The van der Waals surface area contributed by atoms with Gasteiger partial charge in [-0.2, -0.15) is 13.2 Å². The predicted octanol–water partition coefficient (Wildman–Crippen LogP) is 4.62. The maximum Gasteiger partial charge on any atom is 0.416 e. The molecule has 1 fully saturated rings. The van der Waals surface area contributed by atoms with Crippen LogP contribution in [0.15, 0.2) is 48.5 Å². The summed E-state index contributed by atoms with van der Waals surface area (Å²) < 4.78 is 42.8. The minimum atomic E-state index is -4.29. The van der Waals surface area contributed by atoms with E-state index in [1.54, 1.807) is 0 Å². The summed E-state index contributed by atoms with van der Waals surface area (Å²) in [5.41, 5.74) is 1.17. The molecule has 0 atom stereocenters. The molecule has 2 aromatic rings. The Morgan fingerprint density at radius 2 is 1.48 bits per heavy atom. The second kappa shape index (κ2) is 14.9. The van der Waals surface area contributed by atoms with E-state index in [0.717, 1.165) is 55.5 Å². The Balaban J connectivity index is 0.000000582. The van der Waals surface area contributed by atoms with Crippen molar-refractivity contribution in [1.82, 2.24) is 4.90 Å². The van der Waals surface area contributed by atoms with Gasteiger partial charge in [0.1, 0.15) is 31.7 Å². The summed E-state index contributed by atoms with van der Waals surface area (Å²) in [5, 5.41) is 0. The second-order valence-corrected chi connectivity index (χ2v) is 6.62. The number of rotatable bonds is 3. The van der Waals surface area contributed by atoms with Crippen LogP contribution in [0.2, 0.25) is 0 Å². The van der Waals surface area contributed by atoms with Gasteiger partial charge in [-0.25, -0.2) is 0 Å². The average molecular weight is 439 g/mol. The first-order chi connectivity index (χ1) is 14.8. The Morgan fingerprint density at radius 3 is 1.90 bits per heavy atom. The van der Waals surface area contributed by atoms with E-state index < -0.39 is 11.7 Å². The molecular formula is C23H28F3NO4. The highest BCUT2D eigenvalue weighted by Crippen LogP contribution is 2.30. The first-order valence-corrected chi connectivity index (χ1v) is 9.40. The monoisotopic (exact) mass is 439 g/mol. The summed E-state index contributed by atoms with van der Waals surface area (Å²) in [6, 6.07) is 12.4. The fraction of sp³-hybridized carbons (Fsp3) is 0.348. The molecule has 31 heavy (non-hydrogen) atoms. The number of alkyl halides is 3. The molecular weight excluding hydrogens is 411 g/mol. The van der Waals surface area contributed by atoms with Gasteiger partial charge in [0.15, 0.2) is 0 Å². The summed E-state index contributed by atoms with van der Waals surface area (Å²) in [6.07, 6.45) is -1.48. The molecule has 0 unspecified atom stereocenters. The minimum Gasteiger partial charge on any atom is -0.490 e. The van der Waals surface area contributed by atoms with Crippen molar-refractivity contribution in [2.24, 2.45) is 0 Å². The maximum atomic E-state index is 12.4. The summed E-state index contributed by atoms with van der Waals surface area (Å²) in [4.78, 5) is 28.4. The largest absolute Gasteiger partial charge is 0.490 e. The topological polar surface area (TPSA) is 63.7 Å². The lowest BCUT2D eigenvalue weighted by Crippen LogP contribution is -2.35. The SMILES string of the molecule is C=O.C=O.CN1CCC(Oc2ccc(C(F)(F)F)cc2)CC1.Cc1ccccc1C=O. The number of halogens is 3. The number of aryl methyl sites for hydroxylation is 1. The summed E-state index contributed by atoms with van der Waals surface area (Å²) >= 11 is 0. The van der Waals surface area contributed by atoms with Gasteiger partial charge in [0.05, 0.1) is 5.56 Å². The number of benzene rings is 2. The van der Waals surface area contributed by atoms with E-state index >= 15 is 0 Å². The van der Waals surface area contributed by atoms with Crippen LogP contribution >= 0.6 is 0 Å². The van der Waals surface area contributed by atoms with Crippen LogP contribution in [0.4, 0.5) is 13.2 Å². The smallest absolute Gasteiger partial charge is 0.416 e. The Bertz CT molecular complexity index is 756. The highest BCUT2D eigenvalue weighted by molar-refractivity contribution is 5.76. The van der Waals surface area contributed by atoms with Crippen molar-refractivity contribution < 1.29 is 32.3 Å². The highest BCUT2D eigenvalue weighted by Gasteiger charge is 2.30. The summed E-state index contributed by atoms with van der Waals surface area (Å²) in [5.74, 6) is 0.512.